The number of carbonyl (C=O) groups is 2. The molecule has 0 saturated heterocycles. The molecule has 0 aliphatic rings. The third kappa shape index (κ3) is 186. The first kappa shape index (κ1) is 19.3. The average Bonchev–Trinajstić information content (AvgIpc) is 1.98. The van der Waals surface area contributed by atoms with Gasteiger partial charge in [-0.2, -0.15) is 0 Å². The van der Waals surface area contributed by atoms with Gasteiger partial charge in [0.25, 0.3) is 11.9 Å². The highest BCUT2D eigenvalue weighted by atomic mass is 127. The Hall–Kier alpha value is -0.330. The molecule has 14 heavy (non-hydrogen) atoms. The molecular weight excluding hydrogens is 299 g/mol. The predicted molar refractivity (Wildman–Crippen MR) is 65.0 cm³/mol. The summed E-state index contributed by atoms with van der Waals surface area (Å²) < 4.78 is 1.32. The van der Waals surface area contributed by atoms with Crippen LogP contribution in [0.15, 0.2) is 0 Å². The van der Waals surface area contributed by atoms with Crippen LogP contribution in [-0.4, -0.2) is 26.6 Å². The highest BCUT2D eigenvalue weighted by Crippen LogP contribution is 1.96. The summed E-state index contributed by atoms with van der Waals surface area (Å²) >= 11 is 2.41. The monoisotopic (exact) mass is 318 g/mol. The van der Waals surface area contributed by atoms with Crippen LogP contribution in [0.3, 0.4) is 0 Å². The van der Waals surface area contributed by atoms with E-state index in [9.17, 15) is 0 Å². The minimum Gasteiger partial charge on any atom is -0.481 e. The van der Waals surface area contributed by atoms with Crippen molar-refractivity contribution in [1.82, 2.24) is 0 Å². The van der Waals surface area contributed by atoms with Crippen LogP contribution in [0.2, 0.25) is 0 Å². The van der Waals surface area contributed by atoms with Crippen molar-refractivity contribution < 1.29 is 19.8 Å². The molecular formula is C9H19IO4. The van der Waals surface area contributed by atoms with Gasteiger partial charge in [0.1, 0.15) is 0 Å². The second-order valence-electron chi connectivity index (χ2n) is 2.43. The summed E-state index contributed by atoms with van der Waals surface area (Å²) in [7, 11) is 0. The molecule has 0 aliphatic carbocycles. The van der Waals surface area contributed by atoms with Gasteiger partial charge in [-0.25, -0.2) is 0 Å². The lowest BCUT2D eigenvalue weighted by Crippen LogP contribution is -1.78. The number of hydrogen-bond donors (Lipinski definition) is 2. The number of carboxylic acid groups (broad SMARTS) is 2. The molecule has 0 fully saturated rings. The Bertz CT molecular complexity index is 113. The van der Waals surface area contributed by atoms with Gasteiger partial charge in [0.15, 0.2) is 0 Å². The van der Waals surface area contributed by atoms with Gasteiger partial charge in [-0.3, -0.25) is 9.59 Å². The molecule has 0 atom stereocenters. The molecule has 0 amide bonds. The summed E-state index contributed by atoms with van der Waals surface area (Å²) in [4.78, 5) is 18.0. The molecule has 0 unspecified atom stereocenters. The van der Waals surface area contributed by atoms with Crippen LogP contribution in [0, 0.1) is 0 Å². The summed E-state index contributed by atoms with van der Waals surface area (Å²) in [5, 5.41) is 14.8. The molecule has 0 spiro atoms. The minimum atomic E-state index is -0.833. The van der Waals surface area contributed by atoms with E-state index in [1.54, 1.807) is 0 Å². The van der Waals surface area contributed by atoms with Crippen LogP contribution in [0.4, 0.5) is 0 Å². The molecule has 0 aromatic rings. The van der Waals surface area contributed by atoms with Crippen molar-refractivity contribution in [2.75, 3.05) is 4.43 Å². The van der Waals surface area contributed by atoms with Crippen molar-refractivity contribution in [3.05, 3.63) is 0 Å². The second-order valence-corrected chi connectivity index (χ2v) is 3.51. The second kappa shape index (κ2) is 18.5. The Morgan fingerprint density at radius 2 is 1.36 bits per heavy atom. The maximum atomic E-state index is 9.00. The fourth-order valence-electron chi connectivity index (χ4n) is 0.344. The Morgan fingerprint density at radius 1 is 1.07 bits per heavy atom. The third-order valence-corrected chi connectivity index (χ3v) is 1.50. The smallest absolute Gasteiger partial charge is 0.300 e. The molecule has 0 saturated carbocycles. The van der Waals surface area contributed by atoms with Crippen LogP contribution in [0.5, 0.6) is 0 Å². The molecule has 0 aromatic heterocycles. The summed E-state index contributed by atoms with van der Waals surface area (Å²) in [5.74, 6) is -1.67. The van der Waals surface area contributed by atoms with E-state index in [1.807, 2.05) is 0 Å². The Labute approximate surface area is 98.8 Å². The number of hydrogen-bond acceptors (Lipinski definition) is 2. The van der Waals surface area contributed by atoms with Crippen LogP contribution in [-0.2, 0) is 9.59 Å². The van der Waals surface area contributed by atoms with Crippen molar-refractivity contribution in [1.29, 1.82) is 0 Å². The van der Waals surface area contributed by atoms with E-state index in [2.05, 4.69) is 29.5 Å². The Balaban J connectivity index is -0.000000135. The van der Waals surface area contributed by atoms with Gasteiger partial charge in [0.05, 0.1) is 0 Å². The van der Waals surface area contributed by atoms with E-state index in [4.69, 9.17) is 19.8 Å². The first-order valence-electron chi connectivity index (χ1n) is 4.33. The van der Waals surface area contributed by atoms with E-state index < -0.39 is 11.9 Å². The van der Waals surface area contributed by atoms with Gasteiger partial charge in [-0.05, 0) is 10.8 Å². The zero-order chi connectivity index (χ0) is 12.0. The SMILES string of the molecule is CC(=O)O.CC(=O)O.CCCCCI. The largest absolute Gasteiger partial charge is 0.481 e. The van der Waals surface area contributed by atoms with E-state index in [0.29, 0.717) is 0 Å². The topological polar surface area (TPSA) is 74.6 Å². The first-order chi connectivity index (χ1) is 6.38. The van der Waals surface area contributed by atoms with Gasteiger partial charge in [0, 0.05) is 13.8 Å². The van der Waals surface area contributed by atoms with E-state index >= 15 is 0 Å². The number of carboxylic acids is 2. The fourth-order valence-corrected chi connectivity index (χ4v) is 0.884. The van der Waals surface area contributed by atoms with Crippen molar-refractivity contribution in [3.8, 4) is 0 Å². The molecule has 0 aliphatic heterocycles. The molecule has 0 rings (SSSR count). The number of halogens is 1. The highest BCUT2D eigenvalue weighted by molar-refractivity contribution is 14.1. The molecule has 0 bridgehead atoms. The summed E-state index contributed by atoms with van der Waals surface area (Å²) in [6, 6.07) is 0. The van der Waals surface area contributed by atoms with E-state index in [0.717, 1.165) is 13.8 Å². The minimum absolute atomic E-state index is 0.833. The van der Waals surface area contributed by atoms with Gasteiger partial charge in [0.2, 0.25) is 0 Å². The highest BCUT2D eigenvalue weighted by Gasteiger charge is 1.76. The average molecular weight is 318 g/mol. The van der Waals surface area contributed by atoms with Crippen molar-refractivity contribution in [2.24, 2.45) is 0 Å². The summed E-state index contributed by atoms with van der Waals surface area (Å²) in [5.41, 5.74) is 0. The third-order valence-electron chi connectivity index (χ3n) is 0.737. The van der Waals surface area contributed by atoms with Crippen LogP contribution in [0.25, 0.3) is 0 Å². The van der Waals surface area contributed by atoms with Crippen molar-refractivity contribution in [2.45, 2.75) is 40.0 Å². The number of rotatable bonds is 3. The number of unbranched alkanes of at least 4 members (excludes halogenated alkanes) is 2. The lowest BCUT2D eigenvalue weighted by atomic mass is 10.3. The molecule has 4 nitrogen and oxygen atoms in total. The Morgan fingerprint density at radius 3 is 1.43 bits per heavy atom. The fraction of sp³-hybridized carbons (Fsp3) is 0.778. The van der Waals surface area contributed by atoms with Crippen molar-refractivity contribution >= 4 is 34.5 Å². The lowest BCUT2D eigenvalue weighted by molar-refractivity contribution is -0.135. The maximum Gasteiger partial charge on any atom is 0.300 e. The van der Waals surface area contributed by atoms with Gasteiger partial charge in [-0.1, -0.05) is 42.4 Å². The summed E-state index contributed by atoms with van der Waals surface area (Å²) in [6.07, 6.45) is 4.16. The standard InChI is InChI=1S/C5H11I.2C2H4O2/c1-2-3-4-5-6;2*1-2(3)4/h2-5H2,1H3;2*1H3,(H,3,4). The number of alkyl halides is 1. The first-order valence-corrected chi connectivity index (χ1v) is 5.86. The zero-order valence-electron chi connectivity index (χ0n) is 8.92. The number of aliphatic carboxylic acids is 2. The van der Waals surface area contributed by atoms with Crippen LogP contribution in [0.1, 0.15) is 40.0 Å². The predicted octanol–water partition coefficient (Wildman–Crippen LogP) is 2.79. The molecule has 5 heteroatoms. The molecule has 0 radical (unpaired) electrons. The van der Waals surface area contributed by atoms with E-state index in [1.165, 1.54) is 23.7 Å². The summed E-state index contributed by atoms with van der Waals surface area (Å²) in [6.45, 7) is 4.40. The quantitative estimate of drug-likeness (QED) is 0.477. The van der Waals surface area contributed by atoms with Crippen LogP contribution >= 0.6 is 22.6 Å². The zero-order valence-corrected chi connectivity index (χ0v) is 11.1. The Kier molecular flexibility index (Phi) is 25.4. The normalized spacial score (nSPS) is 7.43. The van der Waals surface area contributed by atoms with Gasteiger partial charge >= 0.3 is 0 Å². The molecule has 0 aromatic carbocycles. The molecule has 86 valence electrons. The van der Waals surface area contributed by atoms with Gasteiger partial charge < -0.3 is 10.2 Å². The van der Waals surface area contributed by atoms with Gasteiger partial charge in [-0.15, -0.1) is 0 Å². The maximum absolute atomic E-state index is 9.00. The van der Waals surface area contributed by atoms with Crippen molar-refractivity contribution in [3.63, 3.8) is 0 Å². The molecule has 0 heterocycles. The van der Waals surface area contributed by atoms with E-state index in [-0.39, 0.29) is 0 Å². The van der Waals surface area contributed by atoms with Crippen LogP contribution < -0.4 is 0 Å². The lowest BCUT2D eigenvalue weighted by Gasteiger charge is -1.85. The molecule has 2 N–H and O–H groups in total.